The SMILES string of the molecule is CC[C@@H](NC(=O)N1C(=O)[C@H](Cc2ccnc(N)c2)[C@H]1C(=O)N(C)c1ccncc1)c1cccc(Cl)c1. The van der Waals surface area contributed by atoms with Crippen molar-refractivity contribution >= 4 is 41.0 Å². The molecule has 9 nitrogen and oxygen atoms in total. The zero-order valence-corrected chi connectivity index (χ0v) is 20.7. The van der Waals surface area contributed by atoms with E-state index in [2.05, 4.69) is 15.3 Å². The standard InChI is InChI=1S/C26H27ClN6O3/c1-3-21(17-5-4-6-18(27)15-17)31-26(36)33-23(25(35)32(2)19-8-10-29-11-9-19)20(24(33)34)13-16-7-12-30-22(28)14-16/h4-12,14-15,20-21,23H,3,13H2,1-2H3,(H2,28,30)(H,31,36)/t20-,21-,23+/m1/s1. The van der Waals surface area contributed by atoms with Crippen LogP contribution in [0, 0.1) is 5.92 Å². The highest BCUT2D eigenvalue weighted by Crippen LogP contribution is 2.33. The number of amides is 4. The minimum absolute atomic E-state index is 0.251. The van der Waals surface area contributed by atoms with Crippen LogP contribution in [0.2, 0.25) is 5.02 Å². The summed E-state index contributed by atoms with van der Waals surface area (Å²) in [6, 6.07) is 12.0. The third kappa shape index (κ3) is 5.16. The summed E-state index contributed by atoms with van der Waals surface area (Å²) in [5, 5.41) is 3.44. The van der Waals surface area contributed by atoms with Crippen molar-refractivity contribution in [3.8, 4) is 0 Å². The first kappa shape index (κ1) is 25.1. The molecule has 1 aliphatic heterocycles. The molecule has 4 amide bonds. The van der Waals surface area contributed by atoms with Gasteiger partial charge in [-0.25, -0.2) is 9.78 Å². The zero-order valence-electron chi connectivity index (χ0n) is 20.0. The van der Waals surface area contributed by atoms with E-state index in [1.807, 2.05) is 13.0 Å². The molecule has 186 valence electrons. The van der Waals surface area contributed by atoms with Gasteiger partial charge in [-0.2, -0.15) is 0 Å². The first-order chi connectivity index (χ1) is 17.3. The van der Waals surface area contributed by atoms with Crippen molar-refractivity contribution in [3.05, 3.63) is 83.3 Å². The van der Waals surface area contributed by atoms with Crippen LogP contribution in [0.3, 0.4) is 0 Å². The molecule has 0 spiro atoms. The fourth-order valence-electron chi connectivity index (χ4n) is 4.39. The number of nitrogen functional groups attached to an aromatic ring is 1. The van der Waals surface area contributed by atoms with Crippen LogP contribution in [-0.2, 0) is 16.0 Å². The van der Waals surface area contributed by atoms with Crippen LogP contribution in [0.25, 0.3) is 0 Å². The summed E-state index contributed by atoms with van der Waals surface area (Å²) < 4.78 is 0. The van der Waals surface area contributed by atoms with Crippen molar-refractivity contribution in [3.63, 3.8) is 0 Å². The smallest absolute Gasteiger partial charge is 0.325 e. The number of imide groups is 1. The molecule has 36 heavy (non-hydrogen) atoms. The summed E-state index contributed by atoms with van der Waals surface area (Å²) in [7, 11) is 1.61. The van der Waals surface area contributed by atoms with Gasteiger partial charge in [0.15, 0.2) is 0 Å². The largest absolute Gasteiger partial charge is 0.384 e. The molecule has 2 aromatic heterocycles. The van der Waals surface area contributed by atoms with Gasteiger partial charge in [-0.05, 0) is 60.4 Å². The monoisotopic (exact) mass is 506 g/mol. The van der Waals surface area contributed by atoms with Crippen molar-refractivity contribution in [1.29, 1.82) is 0 Å². The van der Waals surface area contributed by atoms with E-state index in [0.29, 0.717) is 22.9 Å². The van der Waals surface area contributed by atoms with Crippen molar-refractivity contribution in [2.24, 2.45) is 5.92 Å². The number of nitrogens with one attached hydrogen (secondary N) is 1. The maximum atomic E-state index is 13.6. The van der Waals surface area contributed by atoms with E-state index >= 15 is 0 Å². The molecule has 1 fully saturated rings. The van der Waals surface area contributed by atoms with Gasteiger partial charge in [-0.1, -0.05) is 30.7 Å². The average molecular weight is 507 g/mol. The highest BCUT2D eigenvalue weighted by atomic mass is 35.5. The summed E-state index contributed by atoms with van der Waals surface area (Å²) in [6.45, 7) is 1.92. The van der Waals surface area contributed by atoms with Crippen LogP contribution in [-0.4, -0.2) is 45.8 Å². The molecule has 1 saturated heterocycles. The number of urea groups is 1. The summed E-state index contributed by atoms with van der Waals surface area (Å²) in [4.78, 5) is 50.6. The Labute approximate surface area is 214 Å². The molecular formula is C26H27ClN6O3. The predicted molar refractivity (Wildman–Crippen MR) is 137 cm³/mol. The van der Waals surface area contributed by atoms with E-state index in [4.69, 9.17) is 17.3 Å². The number of anilines is 2. The molecule has 1 aromatic carbocycles. The number of nitrogens with two attached hydrogens (primary N) is 1. The molecule has 0 saturated carbocycles. The van der Waals surface area contributed by atoms with Crippen LogP contribution in [0.15, 0.2) is 67.1 Å². The Hall–Kier alpha value is -3.98. The topological polar surface area (TPSA) is 122 Å². The van der Waals surface area contributed by atoms with Crippen molar-refractivity contribution in [1.82, 2.24) is 20.2 Å². The molecule has 4 rings (SSSR count). The van der Waals surface area contributed by atoms with Gasteiger partial charge in [-0.3, -0.25) is 19.5 Å². The number of carbonyl (C=O) groups excluding carboxylic acids is 3. The van der Waals surface area contributed by atoms with E-state index in [1.165, 1.54) is 4.90 Å². The number of hydrogen-bond donors (Lipinski definition) is 2. The van der Waals surface area contributed by atoms with Gasteiger partial charge in [0.25, 0.3) is 5.91 Å². The number of rotatable bonds is 7. The normalized spacial score (nSPS) is 17.8. The molecule has 0 radical (unpaired) electrons. The fraction of sp³-hybridized carbons (Fsp3) is 0.269. The summed E-state index contributed by atoms with van der Waals surface area (Å²) in [5.41, 5.74) is 7.97. The first-order valence-electron chi connectivity index (χ1n) is 11.6. The van der Waals surface area contributed by atoms with Crippen LogP contribution < -0.4 is 16.0 Å². The van der Waals surface area contributed by atoms with E-state index in [9.17, 15) is 14.4 Å². The number of benzene rings is 1. The van der Waals surface area contributed by atoms with Crippen LogP contribution >= 0.6 is 11.6 Å². The van der Waals surface area contributed by atoms with E-state index < -0.39 is 23.9 Å². The number of halogens is 1. The highest BCUT2D eigenvalue weighted by molar-refractivity contribution is 6.30. The van der Waals surface area contributed by atoms with Crippen LogP contribution in [0.1, 0.15) is 30.5 Å². The summed E-state index contributed by atoms with van der Waals surface area (Å²) in [6.07, 6.45) is 5.52. The van der Waals surface area contributed by atoms with Crippen molar-refractivity contribution < 1.29 is 14.4 Å². The Morgan fingerprint density at radius 2 is 1.92 bits per heavy atom. The number of likely N-dealkylation sites (tertiary alicyclic amines) is 1. The molecule has 3 atom stereocenters. The lowest BCUT2D eigenvalue weighted by molar-refractivity contribution is -0.156. The second-order valence-electron chi connectivity index (χ2n) is 8.62. The van der Waals surface area contributed by atoms with E-state index in [1.54, 1.807) is 68.1 Å². The average Bonchev–Trinajstić information content (AvgIpc) is 2.88. The molecule has 0 aliphatic carbocycles. The van der Waals surface area contributed by atoms with Gasteiger partial charge in [0.1, 0.15) is 11.9 Å². The summed E-state index contributed by atoms with van der Waals surface area (Å²) in [5.74, 6) is -1.21. The fourth-order valence-corrected chi connectivity index (χ4v) is 4.59. The highest BCUT2D eigenvalue weighted by Gasteiger charge is 2.55. The number of likely N-dealkylation sites (N-methyl/N-ethyl adjacent to an activating group) is 1. The number of β-lactam (4-membered cyclic amide) rings is 1. The minimum atomic E-state index is -0.984. The Balaban J connectivity index is 1.60. The quantitative estimate of drug-likeness (QED) is 0.472. The second kappa shape index (κ2) is 10.7. The number of aromatic nitrogens is 2. The van der Waals surface area contributed by atoms with Crippen molar-refractivity contribution in [2.45, 2.75) is 31.8 Å². The molecule has 1 aliphatic rings. The summed E-state index contributed by atoms with van der Waals surface area (Å²) >= 11 is 6.13. The van der Waals surface area contributed by atoms with Gasteiger partial charge in [0.05, 0.1) is 12.0 Å². The van der Waals surface area contributed by atoms with Gasteiger partial charge >= 0.3 is 6.03 Å². The molecule has 10 heteroatoms. The zero-order chi connectivity index (χ0) is 25.8. The van der Waals surface area contributed by atoms with Gasteiger partial charge < -0.3 is 16.0 Å². The Morgan fingerprint density at radius 1 is 1.17 bits per heavy atom. The molecule has 3 aromatic rings. The Kier molecular flexibility index (Phi) is 7.49. The first-order valence-corrected chi connectivity index (χ1v) is 11.9. The van der Waals surface area contributed by atoms with E-state index in [-0.39, 0.29) is 18.4 Å². The van der Waals surface area contributed by atoms with Gasteiger partial charge in [0.2, 0.25) is 5.91 Å². The lowest BCUT2D eigenvalue weighted by Crippen LogP contribution is -2.70. The third-order valence-electron chi connectivity index (χ3n) is 6.32. The number of hydrogen-bond acceptors (Lipinski definition) is 6. The van der Waals surface area contributed by atoms with Crippen molar-refractivity contribution in [2.75, 3.05) is 17.7 Å². The predicted octanol–water partition coefficient (Wildman–Crippen LogP) is 3.61. The lowest BCUT2D eigenvalue weighted by atomic mass is 9.81. The maximum absolute atomic E-state index is 13.6. The second-order valence-corrected chi connectivity index (χ2v) is 9.06. The molecule has 3 N–H and O–H groups in total. The number of carbonyl (C=O) groups is 3. The number of pyridine rings is 2. The van der Waals surface area contributed by atoms with Gasteiger partial charge in [-0.15, -0.1) is 0 Å². The van der Waals surface area contributed by atoms with Crippen LogP contribution in [0.5, 0.6) is 0 Å². The Bertz CT molecular complexity index is 1270. The minimum Gasteiger partial charge on any atom is -0.384 e. The molecule has 0 unspecified atom stereocenters. The molecule has 0 bridgehead atoms. The Morgan fingerprint density at radius 3 is 2.58 bits per heavy atom. The van der Waals surface area contributed by atoms with Gasteiger partial charge in [0, 0.05) is 36.3 Å². The molecule has 3 heterocycles. The number of nitrogens with zero attached hydrogens (tertiary/aromatic N) is 4. The third-order valence-corrected chi connectivity index (χ3v) is 6.56. The van der Waals surface area contributed by atoms with E-state index in [0.717, 1.165) is 16.0 Å². The van der Waals surface area contributed by atoms with Crippen LogP contribution in [0.4, 0.5) is 16.3 Å². The lowest BCUT2D eigenvalue weighted by Gasteiger charge is -2.46. The maximum Gasteiger partial charge on any atom is 0.325 e. The molecular weight excluding hydrogens is 480 g/mol.